The Morgan fingerprint density at radius 3 is 2.60 bits per heavy atom. The zero-order valence-corrected chi connectivity index (χ0v) is 15.4. The second-order valence-corrected chi connectivity index (χ2v) is 7.07. The molecule has 1 heterocycles. The normalized spacial score (nSPS) is 11.0. The summed E-state index contributed by atoms with van der Waals surface area (Å²) in [5, 5.41) is 0.781. The molecule has 0 bridgehead atoms. The Kier molecular flexibility index (Phi) is 5.13. The summed E-state index contributed by atoms with van der Waals surface area (Å²) >= 11 is 1.69. The van der Waals surface area contributed by atoms with Crippen LogP contribution in [0.2, 0.25) is 0 Å². The van der Waals surface area contributed by atoms with E-state index in [-0.39, 0.29) is 18.1 Å². The number of hydrogen-bond donors (Lipinski definition) is 1. The van der Waals surface area contributed by atoms with Crippen molar-refractivity contribution in [2.45, 2.75) is 24.8 Å². The smallest absolute Gasteiger partial charge is 0.227 e. The number of halogens is 1. The average molecular weight is 356 g/mol. The molecule has 0 fully saturated rings. The summed E-state index contributed by atoms with van der Waals surface area (Å²) in [6, 6.07) is 12.8. The monoisotopic (exact) mass is 356 g/mol. The van der Waals surface area contributed by atoms with Gasteiger partial charge in [-0.3, -0.25) is 4.79 Å². The molecule has 0 atom stereocenters. The first-order chi connectivity index (χ1) is 12.0. The van der Waals surface area contributed by atoms with Gasteiger partial charge in [-0.05, 0) is 54.6 Å². The molecule has 130 valence electrons. The highest BCUT2D eigenvalue weighted by atomic mass is 32.2. The minimum absolute atomic E-state index is 0.0159. The van der Waals surface area contributed by atoms with Gasteiger partial charge in [0.15, 0.2) is 0 Å². The Morgan fingerprint density at radius 1 is 1.20 bits per heavy atom. The fourth-order valence-electron chi connectivity index (χ4n) is 2.96. The summed E-state index contributed by atoms with van der Waals surface area (Å²) in [6.07, 6.45) is 2.30. The van der Waals surface area contributed by atoms with Gasteiger partial charge in [0.1, 0.15) is 5.82 Å². The zero-order chi connectivity index (χ0) is 18.0. The second-order valence-electron chi connectivity index (χ2n) is 6.19. The maximum Gasteiger partial charge on any atom is 0.227 e. The highest BCUT2D eigenvalue weighted by molar-refractivity contribution is 7.98. The van der Waals surface area contributed by atoms with Gasteiger partial charge in [0.25, 0.3) is 0 Å². The van der Waals surface area contributed by atoms with Crippen LogP contribution in [-0.4, -0.2) is 29.1 Å². The molecule has 0 saturated heterocycles. The van der Waals surface area contributed by atoms with Gasteiger partial charge in [0.05, 0.1) is 6.42 Å². The van der Waals surface area contributed by atoms with Gasteiger partial charge in [-0.1, -0.05) is 12.1 Å². The quantitative estimate of drug-likeness (QED) is 0.682. The molecule has 1 aromatic heterocycles. The van der Waals surface area contributed by atoms with Crippen molar-refractivity contribution in [3.05, 3.63) is 65.1 Å². The van der Waals surface area contributed by atoms with Gasteiger partial charge in [-0.25, -0.2) is 4.39 Å². The third-order valence-corrected chi connectivity index (χ3v) is 5.16. The number of aryl methyl sites for hydroxylation is 1. The van der Waals surface area contributed by atoms with Crippen LogP contribution in [0.3, 0.4) is 0 Å². The van der Waals surface area contributed by atoms with Crippen LogP contribution in [0.4, 0.5) is 4.39 Å². The number of aromatic amines is 1. The Balaban J connectivity index is 1.75. The van der Waals surface area contributed by atoms with E-state index in [2.05, 4.69) is 17.1 Å². The van der Waals surface area contributed by atoms with Crippen LogP contribution in [0, 0.1) is 12.7 Å². The summed E-state index contributed by atoms with van der Waals surface area (Å²) in [5.41, 5.74) is 3.73. The number of nitrogens with zero attached hydrogens (tertiary/aromatic N) is 1. The number of aromatic nitrogens is 1. The minimum atomic E-state index is -0.289. The lowest BCUT2D eigenvalue weighted by molar-refractivity contribution is -0.129. The van der Waals surface area contributed by atoms with E-state index in [0.717, 1.165) is 27.7 Å². The number of fused-ring (bicyclic) bond motifs is 1. The molecular weight excluding hydrogens is 335 g/mol. The van der Waals surface area contributed by atoms with Gasteiger partial charge in [-0.2, -0.15) is 0 Å². The maximum absolute atomic E-state index is 13.6. The lowest BCUT2D eigenvalue weighted by atomic mass is 10.1. The molecular formula is C20H21FN2OS. The van der Waals surface area contributed by atoms with Crippen LogP contribution < -0.4 is 0 Å². The third-order valence-electron chi connectivity index (χ3n) is 4.41. The highest BCUT2D eigenvalue weighted by Gasteiger charge is 2.16. The Labute approximate surface area is 151 Å². The van der Waals surface area contributed by atoms with Gasteiger partial charge >= 0.3 is 0 Å². The van der Waals surface area contributed by atoms with Crippen LogP contribution in [-0.2, 0) is 17.8 Å². The van der Waals surface area contributed by atoms with Crippen molar-refractivity contribution in [2.24, 2.45) is 0 Å². The van der Waals surface area contributed by atoms with E-state index in [1.54, 1.807) is 29.8 Å². The molecule has 0 spiro atoms. The SMILES string of the molecule is CSc1ccc(CN(C)C(=O)Cc2c(C)[nH]c3ccc(F)cc23)cc1. The van der Waals surface area contributed by atoms with Crippen molar-refractivity contribution in [3.8, 4) is 0 Å². The fraction of sp³-hybridized carbons (Fsp3) is 0.250. The minimum Gasteiger partial charge on any atom is -0.358 e. The first-order valence-corrected chi connectivity index (χ1v) is 9.34. The highest BCUT2D eigenvalue weighted by Crippen LogP contribution is 2.24. The number of carbonyl (C=O) groups excluding carboxylic acids is 1. The molecule has 3 aromatic rings. The van der Waals surface area contributed by atoms with E-state index < -0.39 is 0 Å². The number of nitrogens with one attached hydrogen (secondary N) is 1. The van der Waals surface area contributed by atoms with E-state index in [1.165, 1.54) is 17.0 Å². The molecule has 0 radical (unpaired) electrons. The van der Waals surface area contributed by atoms with Crippen LogP contribution in [0.5, 0.6) is 0 Å². The molecule has 0 aliphatic heterocycles. The number of likely N-dealkylation sites (N-methyl/N-ethyl adjacent to an activating group) is 1. The summed E-state index contributed by atoms with van der Waals surface area (Å²) in [7, 11) is 1.80. The molecule has 5 heteroatoms. The Bertz CT molecular complexity index is 902. The van der Waals surface area contributed by atoms with E-state index in [0.29, 0.717) is 6.54 Å². The number of thioether (sulfide) groups is 1. The summed E-state index contributed by atoms with van der Waals surface area (Å²) in [5.74, 6) is -0.273. The van der Waals surface area contributed by atoms with E-state index >= 15 is 0 Å². The van der Waals surface area contributed by atoms with E-state index in [4.69, 9.17) is 0 Å². The molecule has 0 unspecified atom stereocenters. The second kappa shape index (κ2) is 7.31. The molecule has 1 N–H and O–H groups in total. The molecule has 3 nitrogen and oxygen atoms in total. The number of rotatable bonds is 5. The molecule has 25 heavy (non-hydrogen) atoms. The van der Waals surface area contributed by atoms with Crippen molar-refractivity contribution >= 4 is 28.6 Å². The molecule has 3 rings (SSSR count). The maximum atomic E-state index is 13.6. The van der Waals surface area contributed by atoms with Crippen LogP contribution in [0.1, 0.15) is 16.8 Å². The van der Waals surface area contributed by atoms with E-state index in [1.807, 2.05) is 25.3 Å². The number of hydrogen-bond acceptors (Lipinski definition) is 2. The number of carbonyl (C=O) groups is 1. The topological polar surface area (TPSA) is 36.1 Å². The van der Waals surface area contributed by atoms with Gasteiger partial charge in [-0.15, -0.1) is 11.8 Å². The van der Waals surface area contributed by atoms with Crippen molar-refractivity contribution in [2.75, 3.05) is 13.3 Å². The molecule has 0 saturated carbocycles. The average Bonchev–Trinajstić information content (AvgIpc) is 2.90. The Hall–Kier alpha value is -2.27. The summed E-state index contributed by atoms with van der Waals surface area (Å²) in [6.45, 7) is 2.48. The van der Waals surface area contributed by atoms with Gasteiger partial charge in [0.2, 0.25) is 5.91 Å². The molecule has 0 aliphatic carbocycles. The first-order valence-electron chi connectivity index (χ1n) is 8.11. The predicted octanol–water partition coefficient (Wildman–Crippen LogP) is 4.54. The lowest BCUT2D eigenvalue weighted by Gasteiger charge is -2.17. The van der Waals surface area contributed by atoms with Crippen LogP contribution >= 0.6 is 11.8 Å². The lowest BCUT2D eigenvalue weighted by Crippen LogP contribution is -2.27. The number of benzene rings is 2. The standard InChI is InChI=1S/C20H21FN2OS/c1-13-17(18-10-15(21)6-9-19(18)22-13)11-20(24)23(2)12-14-4-7-16(25-3)8-5-14/h4-10,22H,11-12H2,1-3H3. The number of amides is 1. The zero-order valence-electron chi connectivity index (χ0n) is 14.6. The van der Waals surface area contributed by atoms with Crippen molar-refractivity contribution < 1.29 is 9.18 Å². The van der Waals surface area contributed by atoms with E-state index in [9.17, 15) is 9.18 Å². The molecule has 1 amide bonds. The summed E-state index contributed by atoms with van der Waals surface area (Å²) in [4.78, 5) is 18.8. The van der Waals surface area contributed by atoms with Crippen molar-refractivity contribution in [1.29, 1.82) is 0 Å². The fourth-order valence-corrected chi connectivity index (χ4v) is 3.37. The van der Waals surface area contributed by atoms with Crippen molar-refractivity contribution in [1.82, 2.24) is 9.88 Å². The predicted molar refractivity (Wildman–Crippen MR) is 101 cm³/mol. The van der Waals surface area contributed by atoms with Gasteiger partial charge < -0.3 is 9.88 Å². The summed E-state index contributed by atoms with van der Waals surface area (Å²) < 4.78 is 13.6. The largest absolute Gasteiger partial charge is 0.358 e. The van der Waals surface area contributed by atoms with Gasteiger partial charge in [0, 0.05) is 35.1 Å². The van der Waals surface area contributed by atoms with Crippen molar-refractivity contribution in [3.63, 3.8) is 0 Å². The third kappa shape index (κ3) is 3.87. The first kappa shape index (κ1) is 17.5. The van der Waals surface area contributed by atoms with Crippen LogP contribution in [0.25, 0.3) is 10.9 Å². The number of H-pyrrole nitrogens is 1. The molecule has 2 aromatic carbocycles. The van der Waals surface area contributed by atoms with Crippen LogP contribution in [0.15, 0.2) is 47.4 Å². The Morgan fingerprint density at radius 2 is 1.92 bits per heavy atom. The molecule has 0 aliphatic rings.